The molecule has 1 aromatic heterocycles. The Balaban J connectivity index is 2.36. The van der Waals surface area contributed by atoms with E-state index in [1.54, 1.807) is 13.3 Å². The molecule has 0 saturated carbocycles. The van der Waals surface area contributed by atoms with Gasteiger partial charge in [-0.15, -0.1) is 0 Å². The van der Waals surface area contributed by atoms with Gasteiger partial charge in [-0.1, -0.05) is 6.92 Å². The van der Waals surface area contributed by atoms with Crippen molar-refractivity contribution in [2.75, 3.05) is 20.2 Å². The first-order valence-corrected chi connectivity index (χ1v) is 7.61. The van der Waals surface area contributed by atoms with Crippen LogP contribution >= 0.6 is 0 Å². The molecular formula is C15H27N3O2. The van der Waals surface area contributed by atoms with E-state index in [9.17, 15) is 5.11 Å². The van der Waals surface area contributed by atoms with E-state index in [4.69, 9.17) is 4.74 Å². The maximum Gasteiger partial charge on any atom is 0.162 e. The predicted molar refractivity (Wildman–Crippen MR) is 78.9 cm³/mol. The normalized spacial score (nSPS) is 20.9. The number of nitrogens with zero attached hydrogens (tertiary/aromatic N) is 3. The summed E-state index contributed by atoms with van der Waals surface area (Å²) in [4.78, 5) is 2.41. The molecule has 2 rings (SSSR count). The minimum atomic E-state index is -0.594. The molecule has 1 N–H and O–H groups in total. The standard InChI is InChI=1S/C15H27N3O2/c1-5-15(3,17-9-7-8-10-17)14(19)13-12(20-4)11-16-18(13)6-2/h11,14,19H,5-10H2,1-4H3. The smallest absolute Gasteiger partial charge is 0.162 e. The largest absolute Gasteiger partial charge is 0.493 e. The van der Waals surface area contributed by atoms with Crippen molar-refractivity contribution in [2.45, 2.75) is 58.2 Å². The van der Waals surface area contributed by atoms with E-state index in [2.05, 4.69) is 23.8 Å². The molecule has 5 heteroatoms. The van der Waals surface area contributed by atoms with Gasteiger partial charge in [0.2, 0.25) is 0 Å². The molecule has 1 aliphatic heterocycles. The number of rotatable bonds is 6. The number of methoxy groups -OCH3 is 1. The lowest BCUT2D eigenvalue weighted by Crippen LogP contribution is -2.49. The lowest BCUT2D eigenvalue weighted by molar-refractivity contribution is -0.0198. The summed E-state index contributed by atoms with van der Waals surface area (Å²) in [7, 11) is 1.63. The molecule has 0 radical (unpaired) electrons. The van der Waals surface area contributed by atoms with Crippen LogP contribution in [-0.4, -0.2) is 45.5 Å². The van der Waals surface area contributed by atoms with Gasteiger partial charge in [-0.3, -0.25) is 9.58 Å². The molecule has 1 aliphatic rings. The van der Waals surface area contributed by atoms with Gasteiger partial charge < -0.3 is 9.84 Å². The van der Waals surface area contributed by atoms with Crippen molar-refractivity contribution in [1.29, 1.82) is 0 Å². The van der Waals surface area contributed by atoms with E-state index in [0.29, 0.717) is 5.75 Å². The molecule has 0 spiro atoms. The number of hydrogen-bond donors (Lipinski definition) is 1. The van der Waals surface area contributed by atoms with Gasteiger partial charge in [-0.05, 0) is 46.2 Å². The molecule has 20 heavy (non-hydrogen) atoms. The van der Waals surface area contributed by atoms with E-state index in [1.165, 1.54) is 12.8 Å². The van der Waals surface area contributed by atoms with Crippen LogP contribution in [0.3, 0.4) is 0 Å². The first kappa shape index (κ1) is 15.3. The van der Waals surface area contributed by atoms with Gasteiger partial charge >= 0.3 is 0 Å². The van der Waals surface area contributed by atoms with Crippen LogP contribution in [0.15, 0.2) is 6.20 Å². The van der Waals surface area contributed by atoms with E-state index in [-0.39, 0.29) is 5.54 Å². The first-order valence-electron chi connectivity index (χ1n) is 7.61. The number of hydrogen-bond acceptors (Lipinski definition) is 4. The highest BCUT2D eigenvalue weighted by atomic mass is 16.5. The average Bonchev–Trinajstić information content (AvgIpc) is 3.13. The Hall–Kier alpha value is -1.07. The fourth-order valence-electron chi connectivity index (χ4n) is 3.18. The Morgan fingerprint density at radius 2 is 2.05 bits per heavy atom. The van der Waals surface area contributed by atoms with Crippen molar-refractivity contribution in [3.8, 4) is 5.75 Å². The van der Waals surface area contributed by atoms with Crippen LogP contribution < -0.4 is 4.74 Å². The molecular weight excluding hydrogens is 254 g/mol. The summed E-state index contributed by atoms with van der Waals surface area (Å²) < 4.78 is 7.23. The van der Waals surface area contributed by atoms with E-state index >= 15 is 0 Å². The summed E-state index contributed by atoms with van der Waals surface area (Å²) >= 11 is 0. The third-order valence-electron chi connectivity index (χ3n) is 4.76. The Bertz CT molecular complexity index is 419. The number of aliphatic hydroxyl groups is 1. The summed E-state index contributed by atoms with van der Waals surface area (Å²) in [5.41, 5.74) is 0.530. The van der Waals surface area contributed by atoms with Crippen molar-refractivity contribution in [3.63, 3.8) is 0 Å². The SMILES string of the molecule is CCn1ncc(OC)c1C(O)C(C)(CC)N1CCCC1. The molecule has 2 atom stereocenters. The zero-order valence-corrected chi connectivity index (χ0v) is 13.1. The van der Waals surface area contributed by atoms with E-state index < -0.39 is 6.10 Å². The maximum absolute atomic E-state index is 11.0. The molecule has 0 bridgehead atoms. The van der Waals surface area contributed by atoms with Crippen molar-refractivity contribution >= 4 is 0 Å². The van der Waals surface area contributed by atoms with Gasteiger partial charge in [0.25, 0.3) is 0 Å². The highest BCUT2D eigenvalue weighted by Crippen LogP contribution is 2.39. The molecule has 5 nitrogen and oxygen atoms in total. The molecule has 114 valence electrons. The van der Waals surface area contributed by atoms with Crippen LogP contribution in [0.2, 0.25) is 0 Å². The predicted octanol–water partition coefficient (Wildman–Crippen LogP) is 2.21. The molecule has 2 unspecified atom stereocenters. The molecule has 0 aliphatic carbocycles. The Morgan fingerprint density at radius 3 is 2.55 bits per heavy atom. The van der Waals surface area contributed by atoms with Crippen LogP contribution in [0.1, 0.15) is 51.8 Å². The average molecular weight is 281 g/mol. The van der Waals surface area contributed by atoms with Crippen molar-refractivity contribution < 1.29 is 9.84 Å². The molecule has 1 fully saturated rings. The maximum atomic E-state index is 11.0. The summed E-state index contributed by atoms with van der Waals surface area (Å²) in [5, 5.41) is 15.3. The van der Waals surface area contributed by atoms with Gasteiger partial charge in [0.15, 0.2) is 5.75 Å². The second kappa shape index (κ2) is 6.14. The van der Waals surface area contributed by atoms with E-state index in [1.807, 2.05) is 11.6 Å². The van der Waals surface area contributed by atoms with Gasteiger partial charge in [0.05, 0.1) is 13.3 Å². The number of aliphatic hydroxyl groups excluding tert-OH is 1. The number of likely N-dealkylation sites (tertiary alicyclic amines) is 1. The van der Waals surface area contributed by atoms with Crippen LogP contribution in [0, 0.1) is 0 Å². The summed E-state index contributed by atoms with van der Waals surface area (Å²) in [5.74, 6) is 0.679. The second-order valence-electron chi connectivity index (χ2n) is 5.72. The topological polar surface area (TPSA) is 50.5 Å². The minimum absolute atomic E-state index is 0.267. The number of aromatic nitrogens is 2. The Kier molecular flexibility index (Phi) is 4.70. The molecule has 1 aromatic rings. The fraction of sp³-hybridized carbons (Fsp3) is 0.800. The summed E-state index contributed by atoms with van der Waals surface area (Å²) in [6, 6.07) is 0. The van der Waals surface area contributed by atoms with Crippen LogP contribution in [0.25, 0.3) is 0 Å². The molecule has 0 aromatic carbocycles. The van der Waals surface area contributed by atoms with Gasteiger partial charge in [0.1, 0.15) is 11.8 Å². The highest BCUT2D eigenvalue weighted by molar-refractivity contribution is 5.29. The highest BCUT2D eigenvalue weighted by Gasteiger charge is 2.42. The molecule has 2 heterocycles. The minimum Gasteiger partial charge on any atom is -0.493 e. The zero-order chi connectivity index (χ0) is 14.8. The monoisotopic (exact) mass is 281 g/mol. The van der Waals surface area contributed by atoms with Gasteiger partial charge in [-0.25, -0.2) is 0 Å². The van der Waals surface area contributed by atoms with E-state index in [0.717, 1.165) is 31.7 Å². The number of aryl methyl sites for hydroxylation is 1. The lowest BCUT2D eigenvalue weighted by atomic mass is 9.87. The van der Waals surface area contributed by atoms with Crippen molar-refractivity contribution in [3.05, 3.63) is 11.9 Å². The summed E-state index contributed by atoms with van der Waals surface area (Å²) in [6.45, 7) is 9.17. The second-order valence-corrected chi connectivity index (χ2v) is 5.72. The molecule has 0 amide bonds. The quantitative estimate of drug-likeness (QED) is 0.868. The number of ether oxygens (including phenoxy) is 1. The van der Waals surface area contributed by atoms with Gasteiger partial charge in [0, 0.05) is 12.1 Å². The molecule has 1 saturated heterocycles. The fourth-order valence-corrected chi connectivity index (χ4v) is 3.18. The Morgan fingerprint density at radius 1 is 1.40 bits per heavy atom. The van der Waals surface area contributed by atoms with Crippen molar-refractivity contribution in [2.24, 2.45) is 0 Å². The third kappa shape index (κ3) is 2.44. The third-order valence-corrected chi connectivity index (χ3v) is 4.76. The van der Waals surface area contributed by atoms with Crippen LogP contribution in [-0.2, 0) is 6.54 Å². The lowest BCUT2D eigenvalue weighted by Gasteiger charge is -2.42. The van der Waals surface area contributed by atoms with Crippen molar-refractivity contribution in [1.82, 2.24) is 14.7 Å². The Labute approximate surface area is 121 Å². The van der Waals surface area contributed by atoms with Crippen LogP contribution in [0.5, 0.6) is 5.75 Å². The van der Waals surface area contributed by atoms with Crippen LogP contribution in [0.4, 0.5) is 0 Å². The van der Waals surface area contributed by atoms with Gasteiger partial charge in [-0.2, -0.15) is 5.10 Å². The summed E-state index contributed by atoms with van der Waals surface area (Å²) in [6.07, 6.45) is 4.43. The first-order chi connectivity index (χ1) is 9.58. The zero-order valence-electron chi connectivity index (χ0n) is 13.1.